The Morgan fingerprint density at radius 2 is 2.20 bits per heavy atom. The summed E-state index contributed by atoms with van der Waals surface area (Å²) in [6.07, 6.45) is 2.86. The van der Waals surface area contributed by atoms with Crippen molar-refractivity contribution in [2.75, 3.05) is 6.54 Å². The second kappa shape index (κ2) is 6.40. The van der Waals surface area contributed by atoms with Crippen LogP contribution in [0.3, 0.4) is 0 Å². The Kier molecular flexibility index (Phi) is 5.03. The molecule has 1 aliphatic rings. The second-order valence-electron chi connectivity index (χ2n) is 7.13. The van der Waals surface area contributed by atoms with E-state index in [2.05, 4.69) is 50.1 Å². The van der Waals surface area contributed by atoms with E-state index in [1.807, 2.05) is 0 Å². The summed E-state index contributed by atoms with van der Waals surface area (Å²) in [5.74, 6) is 0.697. The standard InChI is InChI=1S/C17H27NOS/c1-13(2)18(12-15-6-5-9-20-15)11-14-10-17(3,4)8-7-16(14)19/h5-6,9,13-14H,7-8,10-12H2,1-4H3. The van der Waals surface area contributed by atoms with Crippen molar-refractivity contribution < 1.29 is 4.79 Å². The van der Waals surface area contributed by atoms with Gasteiger partial charge in [0.1, 0.15) is 5.78 Å². The van der Waals surface area contributed by atoms with Crippen molar-refractivity contribution in [3.05, 3.63) is 22.4 Å². The monoisotopic (exact) mass is 293 g/mol. The fraction of sp³-hybridized carbons (Fsp3) is 0.706. The van der Waals surface area contributed by atoms with Crippen molar-refractivity contribution in [2.24, 2.45) is 11.3 Å². The first-order valence-electron chi connectivity index (χ1n) is 7.66. The SMILES string of the molecule is CC(C)N(Cc1cccs1)CC1CC(C)(C)CCC1=O. The van der Waals surface area contributed by atoms with Crippen LogP contribution in [-0.4, -0.2) is 23.3 Å². The van der Waals surface area contributed by atoms with Crippen LogP contribution in [0.2, 0.25) is 0 Å². The van der Waals surface area contributed by atoms with E-state index >= 15 is 0 Å². The summed E-state index contributed by atoms with van der Waals surface area (Å²) in [4.78, 5) is 16.1. The van der Waals surface area contributed by atoms with Crippen LogP contribution in [0.25, 0.3) is 0 Å². The summed E-state index contributed by atoms with van der Waals surface area (Å²) < 4.78 is 0. The van der Waals surface area contributed by atoms with E-state index in [9.17, 15) is 4.79 Å². The number of Topliss-reactive ketones (excluding diaryl/α,β-unsaturated/α-hetero) is 1. The summed E-state index contributed by atoms with van der Waals surface area (Å²) in [5, 5.41) is 2.13. The van der Waals surface area contributed by atoms with Crippen LogP contribution < -0.4 is 0 Å². The van der Waals surface area contributed by atoms with Gasteiger partial charge in [0.25, 0.3) is 0 Å². The summed E-state index contributed by atoms with van der Waals surface area (Å²) in [5.41, 5.74) is 0.324. The van der Waals surface area contributed by atoms with E-state index in [1.165, 1.54) is 4.88 Å². The molecule has 1 unspecified atom stereocenters. The molecule has 0 saturated heterocycles. The van der Waals surface area contributed by atoms with Crippen LogP contribution >= 0.6 is 11.3 Å². The molecule has 0 spiro atoms. The largest absolute Gasteiger partial charge is 0.299 e. The molecule has 1 aromatic rings. The zero-order valence-corrected chi connectivity index (χ0v) is 14.0. The molecule has 2 rings (SSSR count). The molecule has 0 amide bonds. The number of rotatable bonds is 5. The van der Waals surface area contributed by atoms with Gasteiger partial charge < -0.3 is 0 Å². The summed E-state index contributed by atoms with van der Waals surface area (Å²) in [6.45, 7) is 10.9. The van der Waals surface area contributed by atoms with Gasteiger partial charge in [-0.25, -0.2) is 0 Å². The zero-order chi connectivity index (χ0) is 14.8. The van der Waals surface area contributed by atoms with Crippen molar-refractivity contribution in [1.29, 1.82) is 0 Å². The van der Waals surface area contributed by atoms with Gasteiger partial charge in [-0.2, -0.15) is 0 Å². The molecule has 0 radical (unpaired) electrons. The van der Waals surface area contributed by atoms with Crippen molar-refractivity contribution in [3.8, 4) is 0 Å². The summed E-state index contributed by atoms with van der Waals surface area (Å²) >= 11 is 1.80. The number of ketones is 1. The van der Waals surface area contributed by atoms with Crippen LogP contribution in [0.1, 0.15) is 51.8 Å². The van der Waals surface area contributed by atoms with Crippen LogP contribution in [0.15, 0.2) is 17.5 Å². The van der Waals surface area contributed by atoms with Gasteiger partial charge in [0.05, 0.1) is 0 Å². The van der Waals surface area contributed by atoms with Crippen LogP contribution in [-0.2, 0) is 11.3 Å². The fourth-order valence-corrected chi connectivity index (χ4v) is 3.79. The van der Waals surface area contributed by atoms with Crippen molar-refractivity contribution >= 4 is 17.1 Å². The number of hydrogen-bond donors (Lipinski definition) is 0. The van der Waals surface area contributed by atoms with Gasteiger partial charge in [-0.1, -0.05) is 19.9 Å². The molecular formula is C17H27NOS. The Bertz CT molecular complexity index is 436. The molecule has 1 fully saturated rings. The van der Waals surface area contributed by atoms with Gasteiger partial charge >= 0.3 is 0 Å². The molecule has 1 heterocycles. The molecule has 0 bridgehead atoms. The smallest absolute Gasteiger partial charge is 0.137 e. The minimum atomic E-state index is 0.223. The number of nitrogens with zero attached hydrogens (tertiary/aromatic N) is 1. The Balaban J connectivity index is 2.01. The lowest BCUT2D eigenvalue weighted by atomic mass is 9.71. The third kappa shape index (κ3) is 4.16. The Morgan fingerprint density at radius 1 is 1.45 bits per heavy atom. The van der Waals surface area contributed by atoms with Gasteiger partial charge in [0.2, 0.25) is 0 Å². The number of hydrogen-bond acceptors (Lipinski definition) is 3. The van der Waals surface area contributed by atoms with E-state index in [0.29, 0.717) is 17.2 Å². The molecule has 0 aromatic carbocycles. The fourth-order valence-electron chi connectivity index (χ4n) is 3.06. The maximum Gasteiger partial charge on any atom is 0.137 e. The zero-order valence-electron chi connectivity index (χ0n) is 13.2. The van der Waals surface area contributed by atoms with Crippen molar-refractivity contribution in [2.45, 2.75) is 59.5 Å². The van der Waals surface area contributed by atoms with Crippen molar-refractivity contribution in [3.63, 3.8) is 0 Å². The summed E-state index contributed by atoms with van der Waals surface area (Å²) in [6, 6.07) is 4.77. The predicted octanol–water partition coefficient (Wildman–Crippen LogP) is 4.35. The van der Waals surface area contributed by atoms with E-state index in [1.54, 1.807) is 11.3 Å². The Morgan fingerprint density at radius 3 is 2.80 bits per heavy atom. The van der Waals surface area contributed by atoms with Gasteiger partial charge in [-0.15, -0.1) is 11.3 Å². The van der Waals surface area contributed by atoms with Crippen molar-refractivity contribution in [1.82, 2.24) is 4.90 Å². The molecule has 1 atom stereocenters. The molecule has 20 heavy (non-hydrogen) atoms. The first kappa shape index (κ1) is 15.7. The molecule has 112 valence electrons. The molecule has 3 heteroatoms. The highest BCUT2D eigenvalue weighted by molar-refractivity contribution is 7.09. The van der Waals surface area contributed by atoms with E-state index in [0.717, 1.165) is 32.4 Å². The van der Waals surface area contributed by atoms with Gasteiger partial charge in [0, 0.05) is 36.3 Å². The van der Waals surface area contributed by atoms with Gasteiger partial charge in [-0.05, 0) is 43.6 Å². The molecule has 0 aliphatic heterocycles. The van der Waals surface area contributed by atoms with Gasteiger partial charge in [-0.3, -0.25) is 9.69 Å². The van der Waals surface area contributed by atoms with Gasteiger partial charge in [0.15, 0.2) is 0 Å². The Labute approximate surface area is 127 Å². The van der Waals surface area contributed by atoms with Crippen LogP contribution in [0.5, 0.6) is 0 Å². The van der Waals surface area contributed by atoms with E-state index in [4.69, 9.17) is 0 Å². The molecule has 2 nitrogen and oxygen atoms in total. The van der Waals surface area contributed by atoms with Crippen LogP contribution in [0, 0.1) is 11.3 Å². The molecule has 1 aromatic heterocycles. The molecule has 1 saturated carbocycles. The highest BCUT2D eigenvalue weighted by atomic mass is 32.1. The molecule has 1 aliphatic carbocycles. The Hall–Kier alpha value is -0.670. The second-order valence-corrected chi connectivity index (χ2v) is 8.17. The van der Waals surface area contributed by atoms with E-state index < -0.39 is 0 Å². The lowest BCUT2D eigenvalue weighted by molar-refractivity contribution is -0.128. The lowest BCUT2D eigenvalue weighted by Gasteiger charge is -2.37. The first-order valence-corrected chi connectivity index (χ1v) is 8.54. The third-order valence-electron chi connectivity index (χ3n) is 4.43. The molecule has 0 N–H and O–H groups in total. The minimum Gasteiger partial charge on any atom is -0.299 e. The predicted molar refractivity (Wildman–Crippen MR) is 86.0 cm³/mol. The topological polar surface area (TPSA) is 20.3 Å². The maximum absolute atomic E-state index is 12.2. The highest BCUT2D eigenvalue weighted by Gasteiger charge is 2.34. The van der Waals surface area contributed by atoms with E-state index in [-0.39, 0.29) is 5.92 Å². The first-order chi connectivity index (χ1) is 9.37. The number of thiophene rings is 1. The lowest BCUT2D eigenvalue weighted by Crippen LogP contribution is -2.41. The maximum atomic E-state index is 12.2. The molecular weight excluding hydrogens is 266 g/mol. The average molecular weight is 293 g/mol. The minimum absolute atomic E-state index is 0.223. The van der Waals surface area contributed by atoms with Crippen LogP contribution in [0.4, 0.5) is 0 Å². The highest BCUT2D eigenvalue weighted by Crippen LogP contribution is 2.37. The normalized spacial score (nSPS) is 22.7. The average Bonchev–Trinajstić information content (AvgIpc) is 2.85. The number of carbonyl (C=O) groups excluding carboxylic acids is 1. The summed E-state index contributed by atoms with van der Waals surface area (Å²) in [7, 11) is 0. The number of carbonyl (C=O) groups is 1. The quantitative estimate of drug-likeness (QED) is 0.804. The third-order valence-corrected chi connectivity index (χ3v) is 5.29.